The first kappa shape index (κ1) is 61.4. The molecule has 14 aromatic carbocycles. The summed E-state index contributed by atoms with van der Waals surface area (Å²) in [5.74, 6) is 3.21. The topological polar surface area (TPSA) is 143 Å². The number of aromatic nitrogens is 7. The third kappa shape index (κ3) is 10.3. The Labute approximate surface area is 622 Å². The number of para-hydroxylation sites is 4. The zero-order valence-electron chi connectivity index (χ0n) is 57.2. The molecule has 0 radical (unpaired) electrons. The maximum absolute atomic E-state index is 6.79. The molecule has 0 aliphatic carbocycles. The number of thiophene rings is 2. The van der Waals surface area contributed by atoms with Gasteiger partial charge in [-0.05, 0) is 149 Å². The van der Waals surface area contributed by atoms with Crippen LogP contribution in [0, 0.1) is 0 Å². The highest BCUT2D eigenvalue weighted by molar-refractivity contribution is 7.26. The maximum Gasteiger partial charge on any atom is 0.167 e. The SMILES string of the molecule is c1ccc(-c2cccc(-c3nc(-c4ccc5c(c4)oc4ccccc45)nc(-c4ccc(-c5ccc6sc7ccccc7c6c5)c5c4oc4ccccc45)n3)c2)cc1.c1cncc(-c2nc(-c3ccc4c(c3)oc3ccccc34)nc(-c3ccc(-c4ccc5sc6ccccc6c5c4)c4c3oc3ccccc34)n2)c1. The van der Waals surface area contributed by atoms with Crippen molar-refractivity contribution in [1.29, 1.82) is 0 Å². The average Bonchev–Trinajstić information content (AvgIpc) is 1.53. The van der Waals surface area contributed by atoms with Gasteiger partial charge in [-0.1, -0.05) is 194 Å². The molecule has 0 aliphatic rings. The maximum atomic E-state index is 6.79. The van der Waals surface area contributed by atoms with E-state index in [4.69, 9.17) is 47.6 Å². The van der Waals surface area contributed by atoms with E-state index in [1.807, 2.05) is 120 Å². The summed E-state index contributed by atoms with van der Waals surface area (Å²) in [5.41, 5.74) is 17.9. The Morgan fingerprint density at radius 2 is 0.574 bits per heavy atom. The molecule has 11 nitrogen and oxygen atoms in total. The van der Waals surface area contributed by atoms with Crippen molar-refractivity contribution in [3.63, 3.8) is 0 Å². The molecular formula is C95H53N7O4S2. The second-order valence-corrected chi connectivity index (χ2v) is 29.1. The fourth-order valence-corrected chi connectivity index (χ4v) is 17.7. The predicted molar refractivity (Wildman–Crippen MR) is 441 cm³/mol. The van der Waals surface area contributed by atoms with E-state index in [-0.39, 0.29) is 0 Å². The molecule has 0 N–H and O–H groups in total. The minimum absolute atomic E-state index is 0.512. The van der Waals surface area contributed by atoms with Gasteiger partial charge in [-0.15, -0.1) is 22.7 Å². The Bertz CT molecular complexity index is 7600. The van der Waals surface area contributed by atoms with Crippen LogP contribution >= 0.6 is 22.7 Å². The zero-order chi connectivity index (χ0) is 70.9. The van der Waals surface area contributed by atoms with Crippen LogP contribution in [0.25, 0.3) is 230 Å². The van der Waals surface area contributed by atoms with Crippen LogP contribution in [0.3, 0.4) is 0 Å². The Balaban J connectivity index is 0.000000135. The van der Waals surface area contributed by atoms with Crippen LogP contribution in [0.4, 0.5) is 0 Å². The van der Waals surface area contributed by atoms with Crippen molar-refractivity contribution in [2.45, 2.75) is 0 Å². The van der Waals surface area contributed by atoms with Crippen LogP contribution in [-0.2, 0) is 0 Å². The molecule has 0 saturated heterocycles. The smallest absolute Gasteiger partial charge is 0.167 e. The number of furan rings is 4. The van der Waals surface area contributed by atoms with E-state index in [1.165, 1.54) is 40.3 Å². The largest absolute Gasteiger partial charge is 0.456 e. The molecule has 0 atom stereocenters. The third-order valence-corrected chi connectivity index (χ3v) is 22.9. The predicted octanol–water partition coefficient (Wildman–Crippen LogP) is 26.5. The van der Waals surface area contributed by atoms with Crippen molar-refractivity contribution < 1.29 is 17.7 Å². The third-order valence-electron chi connectivity index (χ3n) is 20.6. The van der Waals surface area contributed by atoms with Gasteiger partial charge in [0.15, 0.2) is 34.9 Å². The molecule has 23 rings (SSSR count). The monoisotopic (exact) mass is 1420 g/mol. The quantitative estimate of drug-likeness (QED) is 0.136. The highest BCUT2D eigenvalue weighted by Crippen LogP contribution is 2.47. The molecule has 504 valence electrons. The van der Waals surface area contributed by atoms with E-state index in [9.17, 15) is 0 Å². The fraction of sp³-hybridized carbons (Fsp3) is 0. The highest BCUT2D eigenvalue weighted by Gasteiger charge is 2.25. The van der Waals surface area contributed by atoms with Crippen LogP contribution in [0.1, 0.15) is 0 Å². The molecule has 0 unspecified atom stereocenters. The van der Waals surface area contributed by atoms with Crippen molar-refractivity contribution in [2.75, 3.05) is 0 Å². The van der Waals surface area contributed by atoms with Crippen molar-refractivity contribution in [1.82, 2.24) is 34.9 Å². The molecule has 0 spiro atoms. The summed E-state index contributed by atoms with van der Waals surface area (Å²) in [5, 5.41) is 13.4. The van der Waals surface area contributed by atoms with E-state index in [1.54, 1.807) is 12.4 Å². The summed E-state index contributed by atoms with van der Waals surface area (Å²) in [7, 11) is 0. The van der Waals surface area contributed by atoms with E-state index in [0.717, 1.165) is 155 Å². The van der Waals surface area contributed by atoms with Gasteiger partial charge in [0.25, 0.3) is 0 Å². The van der Waals surface area contributed by atoms with Gasteiger partial charge in [0.1, 0.15) is 44.7 Å². The van der Waals surface area contributed by atoms with Crippen molar-refractivity contribution in [2.24, 2.45) is 0 Å². The summed E-state index contributed by atoms with van der Waals surface area (Å²) >= 11 is 3.65. The van der Waals surface area contributed by atoms with E-state index in [2.05, 4.69) is 217 Å². The molecule has 9 aromatic heterocycles. The van der Waals surface area contributed by atoms with Gasteiger partial charge in [-0.2, -0.15) is 0 Å². The second-order valence-electron chi connectivity index (χ2n) is 27.0. The van der Waals surface area contributed by atoms with Gasteiger partial charge < -0.3 is 17.7 Å². The number of benzene rings is 14. The molecule has 9 heterocycles. The lowest BCUT2D eigenvalue weighted by molar-refractivity contribution is 0.668. The van der Waals surface area contributed by atoms with Gasteiger partial charge >= 0.3 is 0 Å². The Hall–Kier alpha value is -14.1. The van der Waals surface area contributed by atoms with Gasteiger partial charge in [0.2, 0.25) is 0 Å². The zero-order valence-corrected chi connectivity index (χ0v) is 58.8. The molecule has 0 bridgehead atoms. The van der Waals surface area contributed by atoms with Crippen molar-refractivity contribution in [3.05, 3.63) is 322 Å². The summed E-state index contributed by atoms with van der Waals surface area (Å²) < 4.78 is 31.2. The number of hydrogen-bond donors (Lipinski definition) is 0. The molecule has 108 heavy (non-hydrogen) atoms. The normalized spacial score (nSPS) is 11.9. The van der Waals surface area contributed by atoms with Crippen molar-refractivity contribution in [3.8, 4) is 102 Å². The standard InChI is InChI=1S/C51H29N3O2S.C44H24N4O2S/c1-2-11-30(12-3-1)31-13-10-14-33(27-31)49-52-50(34-21-23-37-36-15-4-7-18-42(36)55-44(37)29-34)54-51(53-49)40-25-24-35(47-39-17-5-8-19-43(39)56-48(40)47)32-22-26-46-41(28-32)38-16-6-9-20-45(38)57-46;1-4-12-35-29(9-1)30-17-15-26(23-37(30)49-35)42-46-43(27-8-7-21-45-24-27)48-44(47-42)33-19-18-28(40-32-11-2-5-13-36(32)50-41(33)40)25-16-20-39-34(22-25)31-10-3-6-14-38(31)51-39/h1-29H;1-24H. The molecule has 23 aromatic rings. The average molecular weight is 1420 g/mol. The lowest BCUT2D eigenvalue weighted by Gasteiger charge is -2.11. The summed E-state index contributed by atoms with van der Waals surface area (Å²) in [6.07, 6.45) is 3.52. The minimum atomic E-state index is 0.512. The number of nitrogens with zero attached hydrogens (tertiary/aromatic N) is 7. The summed E-state index contributed by atoms with van der Waals surface area (Å²) in [6.45, 7) is 0. The molecule has 0 saturated carbocycles. The number of rotatable bonds is 9. The lowest BCUT2D eigenvalue weighted by atomic mass is 9.96. The molecule has 0 amide bonds. The van der Waals surface area contributed by atoms with Crippen LogP contribution < -0.4 is 0 Å². The highest BCUT2D eigenvalue weighted by atomic mass is 32.1. The van der Waals surface area contributed by atoms with Crippen molar-refractivity contribution >= 4 is 151 Å². The number of fused-ring (bicyclic) bond motifs is 18. The molecule has 0 aliphatic heterocycles. The summed E-state index contributed by atoms with van der Waals surface area (Å²) in [6, 6.07) is 107. The Morgan fingerprint density at radius 1 is 0.204 bits per heavy atom. The van der Waals surface area contributed by atoms with Crippen LogP contribution in [0.5, 0.6) is 0 Å². The fourth-order valence-electron chi connectivity index (χ4n) is 15.5. The van der Waals surface area contributed by atoms with Gasteiger partial charge in [0.05, 0.1) is 11.1 Å². The van der Waals surface area contributed by atoms with E-state index >= 15 is 0 Å². The van der Waals surface area contributed by atoms with Gasteiger partial charge in [0, 0.05) is 118 Å². The minimum Gasteiger partial charge on any atom is -0.456 e. The molecule has 0 fully saturated rings. The van der Waals surface area contributed by atoms with Crippen LogP contribution in [0.15, 0.2) is 339 Å². The van der Waals surface area contributed by atoms with Gasteiger partial charge in [-0.3, -0.25) is 4.98 Å². The first-order chi connectivity index (χ1) is 53.5. The first-order valence-corrected chi connectivity index (χ1v) is 37.2. The van der Waals surface area contributed by atoms with E-state index < -0.39 is 0 Å². The Morgan fingerprint density at radius 3 is 1.07 bits per heavy atom. The first-order valence-electron chi connectivity index (χ1n) is 35.6. The second kappa shape index (κ2) is 24.8. The number of hydrogen-bond acceptors (Lipinski definition) is 13. The molecule has 13 heteroatoms. The molecular weight excluding hydrogens is 1370 g/mol. The number of pyridine rings is 1. The van der Waals surface area contributed by atoms with Crippen LogP contribution in [0.2, 0.25) is 0 Å². The van der Waals surface area contributed by atoms with Gasteiger partial charge in [-0.25, -0.2) is 29.9 Å². The Kier molecular flexibility index (Phi) is 14.1. The van der Waals surface area contributed by atoms with E-state index in [0.29, 0.717) is 34.9 Å². The summed E-state index contributed by atoms with van der Waals surface area (Å²) in [4.78, 5) is 35.0. The van der Waals surface area contributed by atoms with Crippen LogP contribution in [-0.4, -0.2) is 34.9 Å². The lowest BCUT2D eigenvalue weighted by Crippen LogP contribution is -2.00.